The van der Waals surface area contributed by atoms with Gasteiger partial charge in [0, 0.05) is 12.5 Å². The van der Waals surface area contributed by atoms with E-state index in [1.165, 1.54) is 0 Å². The van der Waals surface area contributed by atoms with Gasteiger partial charge < -0.3 is 9.16 Å². The first-order valence-electron chi connectivity index (χ1n) is 4.96. The summed E-state index contributed by atoms with van der Waals surface area (Å²) in [5.41, 5.74) is 0. The summed E-state index contributed by atoms with van der Waals surface area (Å²) in [6.45, 7) is 11.6. The van der Waals surface area contributed by atoms with Gasteiger partial charge in [-0.15, -0.1) is 0 Å². The fraction of sp³-hybridized carbons (Fsp3) is 0.700. The largest absolute Gasteiger partial charge is 0.434 e. The van der Waals surface area contributed by atoms with Crippen LogP contribution in [-0.4, -0.2) is 20.6 Å². The standard InChI is InChI=1S/C10H20O3Si/c1-6-9(11)12-10(7-2)13-14(4,5)8-3/h6,10H,1,7-8H2,2-5H3. The normalized spacial score (nSPS) is 13.4. The van der Waals surface area contributed by atoms with Crippen LogP contribution in [0.5, 0.6) is 0 Å². The number of esters is 1. The minimum atomic E-state index is -1.65. The lowest BCUT2D eigenvalue weighted by molar-refractivity contribution is -0.158. The third kappa shape index (κ3) is 5.19. The Morgan fingerprint density at radius 3 is 2.43 bits per heavy atom. The molecular weight excluding hydrogens is 196 g/mol. The molecule has 0 aromatic rings. The molecule has 0 N–H and O–H groups in total. The molecule has 82 valence electrons. The van der Waals surface area contributed by atoms with E-state index in [1.807, 2.05) is 6.92 Å². The maximum atomic E-state index is 11.0. The highest BCUT2D eigenvalue weighted by Crippen LogP contribution is 2.15. The van der Waals surface area contributed by atoms with Gasteiger partial charge in [0.1, 0.15) is 0 Å². The van der Waals surface area contributed by atoms with Gasteiger partial charge in [-0.3, -0.25) is 0 Å². The van der Waals surface area contributed by atoms with Gasteiger partial charge in [0.05, 0.1) is 0 Å². The van der Waals surface area contributed by atoms with E-state index in [-0.39, 0.29) is 0 Å². The summed E-state index contributed by atoms with van der Waals surface area (Å²) in [5.74, 6) is -0.419. The molecule has 0 rings (SSSR count). The smallest absolute Gasteiger partial charge is 0.332 e. The zero-order valence-electron chi connectivity index (χ0n) is 9.50. The lowest BCUT2D eigenvalue weighted by Gasteiger charge is -2.27. The molecule has 0 heterocycles. The second kappa shape index (κ2) is 5.98. The van der Waals surface area contributed by atoms with Gasteiger partial charge in [0.2, 0.25) is 0 Å². The van der Waals surface area contributed by atoms with Crippen LogP contribution >= 0.6 is 0 Å². The SMILES string of the molecule is C=CC(=O)OC(CC)O[Si](C)(C)CC. The number of hydrogen-bond donors (Lipinski definition) is 0. The summed E-state index contributed by atoms with van der Waals surface area (Å²) in [6.07, 6.45) is 1.42. The van der Waals surface area contributed by atoms with Crippen molar-refractivity contribution < 1.29 is 14.0 Å². The van der Waals surface area contributed by atoms with Crippen LogP contribution in [0.2, 0.25) is 19.1 Å². The van der Waals surface area contributed by atoms with E-state index in [4.69, 9.17) is 9.16 Å². The van der Waals surface area contributed by atoms with E-state index in [1.54, 1.807) is 0 Å². The number of rotatable bonds is 6. The van der Waals surface area contributed by atoms with E-state index in [2.05, 4.69) is 26.6 Å². The molecule has 0 aliphatic carbocycles. The molecule has 4 heteroatoms. The average Bonchev–Trinajstić information content (AvgIpc) is 2.16. The summed E-state index contributed by atoms with van der Waals surface area (Å²) in [4.78, 5) is 11.0. The lowest BCUT2D eigenvalue weighted by atomic mass is 10.5. The molecule has 1 unspecified atom stereocenters. The van der Waals surface area contributed by atoms with Crippen LogP contribution < -0.4 is 0 Å². The van der Waals surface area contributed by atoms with Crippen molar-refractivity contribution in [3.63, 3.8) is 0 Å². The molecule has 0 aliphatic heterocycles. The molecule has 0 bridgehead atoms. The molecule has 1 atom stereocenters. The predicted octanol–water partition coefficient (Wildman–Crippen LogP) is 2.69. The van der Waals surface area contributed by atoms with Crippen molar-refractivity contribution in [3.05, 3.63) is 12.7 Å². The van der Waals surface area contributed by atoms with Gasteiger partial charge in [-0.05, 0) is 19.1 Å². The molecule has 0 saturated heterocycles. The zero-order chi connectivity index (χ0) is 11.2. The molecule has 14 heavy (non-hydrogen) atoms. The first-order valence-corrected chi connectivity index (χ1v) is 8.07. The van der Waals surface area contributed by atoms with Gasteiger partial charge in [-0.2, -0.15) is 0 Å². The van der Waals surface area contributed by atoms with Crippen LogP contribution in [0.3, 0.4) is 0 Å². The Bertz CT molecular complexity index is 202. The van der Waals surface area contributed by atoms with Crippen LogP contribution in [0, 0.1) is 0 Å². The molecule has 3 nitrogen and oxygen atoms in total. The highest BCUT2D eigenvalue weighted by Gasteiger charge is 2.25. The van der Waals surface area contributed by atoms with Gasteiger partial charge in [-0.1, -0.05) is 20.4 Å². The van der Waals surface area contributed by atoms with Gasteiger partial charge in [-0.25, -0.2) is 4.79 Å². The maximum Gasteiger partial charge on any atom is 0.332 e. The molecule has 0 fully saturated rings. The predicted molar refractivity (Wildman–Crippen MR) is 59.4 cm³/mol. The molecule has 0 saturated carbocycles. The molecule has 0 spiro atoms. The quantitative estimate of drug-likeness (QED) is 0.296. The molecule has 0 aromatic carbocycles. The summed E-state index contributed by atoms with van der Waals surface area (Å²) in [7, 11) is -1.65. The zero-order valence-corrected chi connectivity index (χ0v) is 10.5. The van der Waals surface area contributed by atoms with E-state index >= 15 is 0 Å². The lowest BCUT2D eigenvalue weighted by Crippen LogP contribution is -2.36. The van der Waals surface area contributed by atoms with Crippen LogP contribution in [0.1, 0.15) is 20.3 Å². The molecule has 0 aromatic heterocycles. The molecular formula is C10H20O3Si. The van der Waals surface area contributed by atoms with Crippen molar-refractivity contribution in [1.82, 2.24) is 0 Å². The summed E-state index contributed by atoms with van der Waals surface area (Å²) in [6, 6.07) is 1.01. The van der Waals surface area contributed by atoms with E-state index in [0.29, 0.717) is 6.42 Å². The highest BCUT2D eigenvalue weighted by molar-refractivity contribution is 6.71. The topological polar surface area (TPSA) is 35.5 Å². The number of ether oxygens (including phenoxy) is 1. The number of hydrogen-bond acceptors (Lipinski definition) is 3. The Hall–Kier alpha value is -0.613. The number of carbonyl (C=O) groups excluding carboxylic acids is 1. The first kappa shape index (κ1) is 13.4. The number of carbonyl (C=O) groups is 1. The summed E-state index contributed by atoms with van der Waals surface area (Å²) < 4.78 is 10.8. The van der Waals surface area contributed by atoms with E-state index < -0.39 is 20.6 Å². The van der Waals surface area contributed by atoms with Crippen LogP contribution in [0.15, 0.2) is 12.7 Å². The Morgan fingerprint density at radius 2 is 2.07 bits per heavy atom. The van der Waals surface area contributed by atoms with Crippen molar-refractivity contribution in [2.45, 2.75) is 45.7 Å². The Balaban J connectivity index is 4.15. The monoisotopic (exact) mass is 216 g/mol. The fourth-order valence-electron chi connectivity index (χ4n) is 0.808. The van der Waals surface area contributed by atoms with E-state index in [0.717, 1.165) is 12.1 Å². The van der Waals surface area contributed by atoms with Crippen LogP contribution in [0.25, 0.3) is 0 Å². The van der Waals surface area contributed by atoms with Crippen molar-refractivity contribution in [3.8, 4) is 0 Å². The van der Waals surface area contributed by atoms with Crippen molar-refractivity contribution in [2.24, 2.45) is 0 Å². The van der Waals surface area contributed by atoms with Crippen molar-refractivity contribution >= 4 is 14.3 Å². The third-order valence-electron chi connectivity index (χ3n) is 2.05. The third-order valence-corrected chi connectivity index (χ3v) is 4.65. The summed E-state index contributed by atoms with van der Waals surface area (Å²) in [5, 5.41) is 0. The Kier molecular flexibility index (Phi) is 5.72. The van der Waals surface area contributed by atoms with Crippen molar-refractivity contribution in [1.29, 1.82) is 0 Å². The molecule has 0 radical (unpaired) electrons. The van der Waals surface area contributed by atoms with E-state index in [9.17, 15) is 4.79 Å². The molecule has 0 aliphatic rings. The second-order valence-corrected chi connectivity index (χ2v) is 8.17. The van der Waals surface area contributed by atoms with Crippen molar-refractivity contribution in [2.75, 3.05) is 0 Å². The minimum absolute atomic E-state index is 0.415. The van der Waals surface area contributed by atoms with Crippen LogP contribution in [0.4, 0.5) is 0 Å². The average molecular weight is 216 g/mol. The van der Waals surface area contributed by atoms with Crippen LogP contribution in [-0.2, 0) is 14.0 Å². The highest BCUT2D eigenvalue weighted by atomic mass is 28.4. The van der Waals surface area contributed by atoms with Gasteiger partial charge in [0.25, 0.3) is 0 Å². The first-order chi connectivity index (χ1) is 6.45. The maximum absolute atomic E-state index is 11.0. The second-order valence-electron chi connectivity index (χ2n) is 3.71. The van der Waals surface area contributed by atoms with Gasteiger partial charge >= 0.3 is 5.97 Å². The Labute approximate surface area is 87.2 Å². The summed E-state index contributed by atoms with van der Waals surface area (Å²) >= 11 is 0. The Morgan fingerprint density at radius 1 is 1.50 bits per heavy atom. The molecule has 0 amide bonds. The minimum Gasteiger partial charge on any atom is -0.434 e. The van der Waals surface area contributed by atoms with Gasteiger partial charge in [0.15, 0.2) is 14.6 Å². The fourth-order valence-corrected chi connectivity index (χ4v) is 1.90.